The Morgan fingerprint density at radius 1 is 1.18 bits per heavy atom. The third-order valence-corrected chi connectivity index (χ3v) is 5.66. The van der Waals surface area contributed by atoms with Crippen molar-refractivity contribution in [1.82, 2.24) is 10.3 Å². The molecule has 150 valence electrons. The lowest BCUT2D eigenvalue weighted by molar-refractivity contribution is -0.120. The molecule has 28 heavy (non-hydrogen) atoms. The minimum Gasteiger partial charge on any atom is -0.496 e. The summed E-state index contributed by atoms with van der Waals surface area (Å²) in [7, 11) is 1.64. The van der Waals surface area contributed by atoms with Crippen LogP contribution in [0.3, 0.4) is 0 Å². The Bertz CT molecular complexity index is 809. The van der Waals surface area contributed by atoms with Gasteiger partial charge >= 0.3 is 0 Å². The van der Waals surface area contributed by atoms with Gasteiger partial charge < -0.3 is 21.1 Å². The van der Waals surface area contributed by atoms with Crippen LogP contribution in [0.5, 0.6) is 5.75 Å². The van der Waals surface area contributed by atoms with Gasteiger partial charge in [0, 0.05) is 42.0 Å². The molecule has 1 aromatic carbocycles. The number of carbonyl (C=O) groups is 1. The molecule has 3 rings (SSSR count). The fourth-order valence-electron chi connectivity index (χ4n) is 3.79. The van der Waals surface area contributed by atoms with Crippen LogP contribution in [-0.2, 0) is 11.3 Å². The van der Waals surface area contributed by atoms with Crippen molar-refractivity contribution in [2.45, 2.75) is 52.1 Å². The molecule has 1 saturated carbocycles. The molecule has 1 amide bonds. The predicted octanol–water partition coefficient (Wildman–Crippen LogP) is 3.58. The lowest BCUT2D eigenvalue weighted by Gasteiger charge is -2.29. The fourth-order valence-corrected chi connectivity index (χ4v) is 3.79. The van der Waals surface area contributed by atoms with Crippen LogP contribution < -0.4 is 21.1 Å². The number of nitrogens with one attached hydrogen (secondary N) is 2. The molecule has 0 radical (unpaired) electrons. The molecule has 0 unspecified atom stereocenters. The van der Waals surface area contributed by atoms with E-state index in [1.807, 2.05) is 31.2 Å². The van der Waals surface area contributed by atoms with Gasteiger partial charge in [-0.3, -0.25) is 4.79 Å². The van der Waals surface area contributed by atoms with Crippen molar-refractivity contribution < 1.29 is 9.53 Å². The molecule has 0 saturated heterocycles. The zero-order valence-electron chi connectivity index (χ0n) is 16.9. The summed E-state index contributed by atoms with van der Waals surface area (Å²) in [6.07, 6.45) is 5.46. The van der Waals surface area contributed by atoms with Crippen molar-refractivity contribution in [3.63, 3.8) is 0 Å². The second-order valence-corrected chi connectivity index (χ2v) is 7.59. The van der Waals surface area contributed by atoms with Crippen LogP contribution in [0.1, 0.15) is 42.4 Å². The molecule has 0 spiro atoms. The first-order valence-electron chi connectivity index (χ1n) is 9.86. The monoisotopic (exact) mass is 382 g/mol. The molecular weight excluding hydrogens is 352 g/mol. The minimum atomic E-state index is 0.0514. The number of rotatable bonds is 6. The van der Waals surface area contributed by atoms with Crippen LogP contribution in [-0.4, -0.2) is 24.0 Å². The van der Waals surface area contributed by atoms with E-state index in [4.69, 9.17) is 10.5 Å². The number of anilines is 2. The van der Waals surface area contributed by atoms with Crippen LogP contribution in [0.25, 0.3) is 0 Å². The SMILES string of the molecule is COc1cc(NC(=O)C2CCC(NCc3c(C)ccnc3N)CC2)ccc1C. The van der Waals surface area contributed by atoms with E-state index in [1.165, 1.54) is 0 Å². The van der Waals surface area contributed by atoms with Crippen molar-refractivity contribution >= 4 is 17.4 Å². The van der Waals surface area contributed by atoms with Gasteiger partial charge in [0.2, 0.25) is 5.91 Å². The maximum atomic E-state index is 12.6. The highest BCUT2D eigenvalue weighted by Gasteiger charge is 2.26. The largest absolute Gasteiger partial charge is 0.496 e. The van der Waals surface area contributed by atoms with Gasteiger partial charge in [0.15, 0.2) is 0 Å². The number of pyridine rings is 1. The molecule has 6 nitrogen and oxygen atoms in total. The summed E-state index contributed by atoms with van der Waals surface area (Å²) >= 11 is 0. The van der Waals surface area contributed by atoms with E-state index >= 15 is 0 Å². The number of hydrogen-bond acceptors (Lipinski definition) is 5. The third kappa shape index (κ3) is 4.81. The maximum Gasteiger partial charge on any atom is 0.227 e. The number of nitrogen functional groups attached to an aromatic ring is 1. The number of carbonyl (C=O) groups excluding carboxylic acids is 1. The summed E-state index contributed by atoms with van der Waals surface area (Å²) in [4.78, 5) is 16.8. The van der Waals surface area contributed by atoms with Crippen molar-refractivity contribution in [2.75, 3.05) is 18.2 Å². The summed E-state index contributed by atoms with van der Waals surface area (Å²) < 4.78 is 5.33. The van der Waals surface area contributed by atoms with Crippen LogP contribution in [0.4, 0.5) is 11.5 Å². The van der Waals surface area contributed by atoms with Crippen LogP contribution in [0.2, 0.25) is 0 Å². The second kappa shape index (κ2) is 9.06. The predicted molar refractivity (Wildman–Crippen MR) is 112 cm³/mol. The van der Waals surface area contributed by atoms with E-state index in [2.05, 4.69) is 22.5 Å². The van der Waals surface area contributed by atoms with Gasteiger partial charge in [0.1, 0.15) is 11.6 Å². The number of amides is 1. The Morgan fingerprint density at radius 3 is 2.61 bits per heavy atom. The van der Waals surface area contributed by atoms with E-state index in [0.717, 1.165) is 60.4 Å². The van der Waals surface area contributed by atoms with Crippen molar-refractivity contribution in [3.8, 4) is 5.75 Å². The normalized spacial score (nSPS) is 19.2. The Labute approximate surface area is 166 Å². The molecule has 0 bridgehead atoms. The first kappa shape index (κ1) is 20.1. The Kier molecular flexibility index (Phi) is 6.52. The van der Waals surface area contributed by atoms with Gasteiger partial charge in [0.25, 0.3) is 0 Å². The third-order valence-electron chi connectivity index (χ3n) is 5.66. The number of methoxy groups -OCH3 is 1. The first-order chi connectivity index (χ1) is 13.5. The quantitative estimate of drug-likeness (QED) is 0.711. The van der Waals surface area contributed by atoms with E-state index < -0.39 is 0 Å². The van der Waals surface area contributed by atoms with E-state index in [0.29, 0.717) is 11.9 Å². The lowest BCUT2D eigenvalue weighted by Crippen LogP contribution is -2.36. The molecule has 1 aromatic heterocycles. The van der Waals surface area contributed by atoms with Gasteiger partial charge in [-0.15, -0.1) is 0 Å². The summed E-state index contributed by atoms with van der Waals surface area (Å²) in [6.45, 7) is 4.76. The average molecular weight is 383 g/mol. The van der Waals surface area contributed by atoms with Crippen molar-refractivity contribution in [3.05, 3.63) is 47.2 Å². The molecule has 0 aliphatic heterocycles. The van der Waals surface area contributed by atoms with E-state index in [-0.39, 0.29) is 11.8 Å². The molecule has 0 atom stereocenters. The van der Waals surface area contributed by atoms with E-state index in [1.54, 1.807) is 13.3 Å². The molecule has 1 fully saturated rings. The molecule has 4 N–H and O–H groups in total. The standard InChI is InChI=1S/C22H30N4O2/c1-14-10-11-24-21(23)19(14)13-25-17-8-5-16(6-9-17)22(27)26-18-7-4-15(2)20(12-18)28-3/h4,7,10-12,16-17,25H,5-6,8-9,13H2,1-3H3,(H2,23,24)(H,26,27). The highest BCUT2D eigenvalue weighted by Crippen LogP contribution is 2.28. The van der Waals surface area contributed by atoms with Gasteiger partial charge in [0.05, 0.1) is 7.11 Å². The van der Waals surface area contributed by atoms with Crippen LogP contribution in [0.15, 0.2) is 30.5 Å². The molecule has 1 aliphatic carbocycles. The summed E-state index contributed by atoms with van der Waals surface area (Å²) in [5.74, 6) is 1.53. The Morgan fingerprint density at radius 2 is 1.93 bits per heavy atom. The lowest BCUT2D eigenvalue weighted by atomic mass is 9.85. The number of nitrogens with zero attached hydrogens (tertiary/aromatic N) is 1. The molecular formula is C22H30N4O2. The average Bonchev–Trinajstić information content (AvgIpc) is 2.69. The Balaban J connectivity index is 1.49. The number of benzene rings is 1. The first-order valence-corrected chi connectivity index (χ1v) is 9.86. The summed E-state index contributed by atoms with van der Waals surface area (Å²) in [5.41, 5.74) is 10.0. The zero-order valence-corrected chi connectivity index (χ0v) is 16.9. The summed E-state index contributed by atoms with van der Waals surface area (Å²) in [6, 6.07) is 8.14. The highest BCUT2D eigenvalue weighted by molar-refractivity contribution is 5.92. The van der Waals surface area contributed by atoms with Gasteiger partial charge in [-0.25, -0.2) is 4.98 Å². The van der Waals surface area contributed by atoms with Crippen molar-refractivity contribution in [1.29, 1.82) is 0 Å². The number of nitrogens with two attached hydrogens (primary N) is 1. The number of aromatic nitrogens is 1. The van der Waals surface area contributed by atoms with E-state index in [9.17, 15) is 4.79 Å². The zero-order chi connectivity index (χ0) is 20.1. The molecule has 2 aromatic rings. The van der Waals surface area contributed by atoms with Crippen LogP contribution in [0, 0.1) is 19.8 Å². The maximum absolute atomic E-state index is 12.6. The molecule has 6 heteroatoms. The van der Waals surface area contributed by atoms with Crippen LogP contribution >= 0.6 is 0 Å². The van der Waals surface area contributed by atoms with Gasteiger partial charge in [-0.05, 0) is 62.8 Å². The molecule has 1 aliphatic rings. The highest BCUT2D eigenvalue weighted by atomic mass is 16.5. The topological polar surface area (TPSA) is 89.3 Å². The minimum absolute atomic E-state index is 0.0514. The van der Waals surface area contributed by atoms with Gasteiger partial charge in [-0.2, -0.15) is 0 Å². The van der Waals surface area contributed by atoms with Gasteiger partial charge in [-0.1, -0.05) is 6.07 Å². The number of ether oxygens (including phenoxy) is 1. The number of aryl methyl sites for hydroxylation is 2. The smallest absolute Gasteiger partial charge is 0.227 e. The fraction of sp³-hybridized carbons (Fsp3) is 0.455. The molecule has 1 heterocycles. The second-order valence-electron chi connectivity index (χ2n) is 7.59. The number of hydrogen-bond donors (Lipinski definition) is 3. The van der Waals surface area contributed by atoms with Crippen molar-refractivity contribution in [2.24, 2.45) is 5.92 Å². The Hall–Kier alpha value is -2.60. The summed E-state index contributed by atoms with van der Waals surface area (Å²) in [5, 5.41) is 6.62.